The predicted octanol–water partition coefficient (Wildman–Crippen LogP) is 12.0. The average molecular weight is 540 g/mol. The van der Waals surface area contributed by atoms with Crippen LogP contribution in [0.1, 0.15) is 201 Å². The predicted molar refractivity (Wildman–Crippen MR) is 171 cm³/mol. The summed E-state index contributed by atoms with van der Waals surface area (Å²) in [5.41, 5.74) is 0. The zero-order valence-electron chi connectivity index (χ0n) is 27.0. The molecule has 0 aliphatic carbocycles. The molecule has 0 bridgehead atoms. The van der Waals surface area contributed by atoms with Crippen molar-refractivity contribution < 1.29 is 9.90 Å². The number of unbranched alkanes of at least 4 members (excludes halogenated alkanes) is 24. The van der Waals surface area contributed by atoms with Gasteiger partial charge < -0.3 is 10.0 Å². The molecule has 0 fully saturated rings. The SMILES string of the molecule is CCCCCCCCCCCCCCCCC(=O)O.CCCCCCCCCCN(C)CCCCCCC. The van der Waals surface area contributed by atoms with Gasteiger partial charge in [-0.05, 0) is 39.4 Å². The molecule has 0 rings (SSSR count). The van der Waals surface area contributed by atoms with Crippen molar-refractivity contribution in [2.75, 3.05) is 20.1 Å². The first-order valence-corrected chi connectivity index (χ1v) is 17.5. The van der Waals surface area contributed by atoms with Gasteiger partial charge in [-0.25, -0.2) is 0 Å². The van der Waals surface area contributed by atoms with Crippen LogP contribution in [0.2, 0.25) is 0 Å². The summed E-state index contributed by atoms with van der Waals surface area (Å²) in [4.78, 5) is 12.8. The average Bonchev–Trinajstić information content (AvgIpc) is 2.90. The van der Waals surface area contributed by atoms with Gasteiger partial charge in [0.25, 0.3) is 0 Å². The van der Waals surface area contributed by atoms with Crippen LogP contribution in [-0.4, -0.2) is 36.1 Å². The molecule has 0 atom stereocenters. The van der Waals surface area contributed by atoms with Gasteiger partial charge in [-0.2, -0.15) is 0 Å². The Morgan fingerprint density at radius 1 is 0.421 bits per heavy atom. The molecule has 0 spiro atoms. The molecule has 0 aromatic heterocycles. The highest BCUT2D eigenvalue weighted by Gasteiger charge is 1.99. The van der Waals surface area contributed by atoms with Gasteiger partial charge in [-0.3, -0.25) is 4.79 Å². The van der Waals surface area contributed by atoms with E-state index < -0.39 is 5.97 Å². The molecular weight excluding hydrogens is 466 g/mol. The smallest absolute Gasteiger partial charge is 0.303 e. The van der Waals surface area contributed by atoms with Crippen LogP contribution in [-0.2, 0) is 4.79 Å². The van der Waals surface area contributed by atoms with Crippen molar-refractivity contribution in [1.29, 1.82) is 0 Å². The van der Waals surface area contributed by atoms with Crippen molar-refractivity contribution in [3.05, 3.63) is 0 Å². The third kappa shape index (κ3) is 39.9. The summed E-state index contributed by atoms with van der Waals surface area (Å²) in [6.45, 7) is 9.46. The maximum absolute atomic E-state index is 10.3. The number of carbonyl (C=O) groups is 1. The first-order valence-electron chi connectivity index (χ1n) is 17.5. The molecule has 0 aliphatic heterocycles. The molecule has 3 heteroatoms. The summed E-state index contributed by atoms with van der Waals surface area (Å²) in [7, 11) is 2.29. The number of carboxylic acids is 1. The van der Waals surface area contributed by atoms with Gasteiger partial charge in [-0.15, -0.1) is 0 Å². The van der Waals surface area contributed by atoms with Crippen LogP contribution in [0.5, 0.6) is 0 Å². The quantitative estimate of drug-likeness (QED) is 0.0922. The molecule has 0 heterocycles. The first-order chi connectivity index (χ1) is 18.6. The number of carboxylic acid groups (broad SMARTS) is 1. The summed E-state index contributed by atoms with van der Waals surface area (Å²) >= 11 is 0. The fourth-order valence-corrected chi connectivity index (χ4v) is 5.08. The summed E-state index contributed by atoms with van der Waals surface area (Å²) < 4.78 is 0. The highest BCUT2D eigenvalue weighted by molar-refractivity contribution is 5.66. The molecule has 0 radical (unpaired) electrons. The zero-order chi connectivity index (χ0) is 28.4. The van der Waals surface area contributed by atoms with Gasteiger partial charge in [0.1, 0.15) is 0 Å². The van der Waals surface area contributed by atoms with Crippen LogP contribution < -0.4 is 0 Å². The van der Waals surface area contributed by atoms with E-state index in [0.29, 0.717) is 6.42 Å². The van der Waals surface area contributed by atoms with Crippen molar-refractivity contribution in [3.8, 4) is 0 Å². The van der Waals surface area contributed by atoms with E-state index in [1.54, 1.807) is 0 Å². The Hall–Kier alpha value is -0.570. The lowest BCUT2D eigenvalue weighted by atomic mass is 10.0. The van der Waals surface area contributed by atoms with E-state index in [1.165, 1.54) is 174 Å². The van der Waals surface area contributed by atoms with E-state index in [9.17, 15) is 4.79 Å². The fraction of sp³-hybridized carbons (Fsp3) is 0.971. The molecule has 3 nitrogen and oxygen atoms in total. The highest BCUT2D eigenvalue weighted by atomic mass is 16.4. The molecule has 0 amide bonds. The maximum Gasteiger partial charge on any atom is 0.303 e. The lowest BCUT2D eigenvalue weighted by molar-refractivity contribution is -0.137. The van der Waals surface area contributed by atoms with Crippen molar-refractivity contribution in [3.63, 3.8) is 0 Å². The Bertz CT molecular complexity index is 426. The lowest BCUT2D eigenvalue weighted by Crippen LogP contribution is -2.20. The second-order valence-electron chi connectivity index (χ2n) is 11.9. The summed E-state index contributed by atoms with van der Waals surface area (Å²) in [5.74, 6) is -0.654. The van der Waals surface area contributed by atoms with Crippen LogP contribution in [0.15, 0.2) is 0 Å². The van der Waals surface area contributed by atoms with Gasteiger partial charge in [-0.1, -0.05) is 175 Å². The van der Waals surface area contributed by atoms with Gasteiger partial charge >= 0.3 is 5.97 Å². The van der Waals surface area contributed by atoms with Crippen molar-refractivity contribution in [2.45, 2.75) is 201 Å². The van der Waals surface area contributed by atoms with E-state index in [2.05, 4.69) is 32.7 Å². The van der Waals surface area contributed by atoms with Gasteiger partial charge in [0.05, 0.1) is 0 Å². The Kier molecular flexibility index (Phi) is 37.9. The minimum absolute atomic E-state index is 0.345. The van der Waals surface area contributed by atoms with Crippen LogP contribution in [0.25, 0.3) is 0 Å². The Morgan fingerprint density at radius 3 is 0.921 bits per heavy atom. The van der Waals surface area contributed by atoms with Gasteiger partial charge in [0.2, 0.25) is 0 Å². The van der Waals surface area contributed by atoms with Crippen LogP contribution in [0, 0.1) is 0 Å². The Labute approximate surface area is 241 Å². The first kappa shape index (κ1) is 39.6. The third-order valence-corrected chi connectivity index (χ3v) is 7.78. The van der Waals surface area contributed by atoms with Crippen LogP contribution >= 0.6 is 0 Å². The summed E-state index contributed by atoms with van der Waals surface area (Å²) in [5, 5.41) is 8.50. The topological polar surface area (TPSA) is 40.5 Å². The number of rotatable bonds is 30. The van der Waals surface area contributed by atoms with Crippen LogP contribution in [0.3, 0.4) is 0 Å². The molecule has 0 unspecified atom stereocenters. The summed E-state index contributed by atoms with van der Waals surface area (Å²) in [6.07, 6.45) is 37.2. The molecular formula is C35H73NO2. The molecule has 38 heavy (non-hydrogen) atoms. The molecule has 1 N–H and O–H groups in total. The van der Waals surface area contributed by atoms with Gasteiger partial charge in [0, 0.05) is 6.42 Å². The molecule has 0 aromatic rings. The molecule has 0 aliphatic rings. The van der Waals surface area contributed by atoms with E-state index in [-0.39, 0.29) is 0 Å². The highest BCUT2D eigenvalue weighted by Crippen LogP contribution is 2.13. The Morgan fingerprint density at radius 2 is 0.658 bits per heavy atom. The molecule has 230 valence electrons. The van der Waals surface area contributed by atoms with E-state index in [0.717, 1.165) is 12.8 Å². The second-order valence-corrected chi connectivity index (χ2v) is 11.9. The standard InChI is InChI=1S/C18H39N.C17H34O2/c1-4-6-8-10-11-12-14-16-18-19(3)17-15-13-9-7-5-2;1-2-3-4-5-6-7-8-9-10-11-12-13-14-15-16-17(18)19/h4-18H2,1-3H3;2-16H2,1H3,(H,18,19). The van der Waals surface area contributed by atoms with Crippen LogP contribution in [0.4, 0.5) is 0 Å². The van der Waals surface area contributed by atoms with E-state index in [4.69, 9.17) is 5.11 Å². The number of hydrogen-bond acceptors (Lipinski definition) is 2. The summed E-state index contributed by atoms with van der Waals surface area (Å²) in [6, 6.07) is 0. The fourth-order valence-electron chi connectivity index (χ4n) is 5.08. The minimum atomic E-state index is -0.654. The van der Waals surface area contributed by atoms with Crippen molar-refractivity contribution in [1.82, 2.24) is 4.90 Å². The minimum Gasteiger partial charge on any atom is -0.481 e. The monoisotopic (exact) mass is 540 g/mol. The van der Waals surface area contributed by atoms with Crippen molar-refractivity contribution in [2.24, 2.45) is 0 Å². The van der Waals surface area contributed by atoms with Gasteiger partial charge in [0.15, 0.2) is 0 Å². The zero-order valence-corrected chi connectivity index (χ0v) is 27.0. The second kappa shape index (κ2) is 36.4. The number of hydrogen-bond donors (Lipinski definition) is 1. The molecule has 0 saturated heterocycles. The number of nitrogens with zero attached hydrogens (tertiary/aromatic N) is 1. The van der Waals surface area contributed by atoms with E-state index in [1.807, 2.05) is 0 Å². The number of aliphatic carboxylic acids is 1. The largest absolute Gasteiger partial charge is 0.481 e. The lowest BCUT2D eigenvalue weighted by Gasteiger charge is -2.16. The maximum atomic E-state index is 10.3. The molecule has 0 aromatic carbocycles. The Balaban J connectivity index is 0. The normalized spacial score (nSPS) is 11.1. The van der Waals surface area contributed by atoms with E-state index >= 15 is 0 Å². The molecule has 0 saturated carbocycles. The van der Waals surface area contributed by atoms with Crippen molar-refractivity contribution >= 4 is 5.97 Å². The third-order valence-electron chi connectivity index (χ3n) is 7.78.